The zero-order chi connectivity index (χ0) is 17.6. The summed E-state index contributed by atoms with van der Waals surface area (Å²) >= 11 is 1.26. The highest BCUT2D eigenvalue weighted by molar-refractivity contribution is 7.18. The van der Waals surface area contributed by atoms with Gasteiger partial charge in [0.05, 0.1) is 19.9 Å². The molecule has 1 aromatic carbocycles. The van der Waals surface area contributed by atoms with E-state index in [0.717, 1.165) is 5.56 Å². The van der Waals surface area contributed by atoms with E-state index in [1.165, 1.54) is 18.4 Å². The van der Waals surface area contributed by atoms with Crippen molar-refractivity contribution in [2.45, 2.75) is 0 Å². The van der Waals surface area contributed by atoms with Crippen LogP contribution in [0.1, 0.15) is 0 Å². The molecule has 2 aromatic heterocycles. The first kappa shape index (κ1) is 16.7. The number of carbonyl (C=O) groups excluding carboxylic acids is 1. The van der Waals surface area contributed by atoms with Gasteiger partial charge in [0.2, 0.25) is 5.13 Å². The highest BCUT2D eigenvalue weighted by Crippen LogP contribution is 2.29. The Labute approximate surface area is 147 Å². The average molecular weight is 357 g/mol. The predicted molar refractivity (Wildman–Crippen MR) is 95.3 cm³/mol. The molecule has 0 atom stereocenters. The quantitative estimate of drug-likeness (QED) is 0.727. The minimum absolute atomic E-state index is 0.381. The van der Waals surface area contributed by atoms with Gasteiger partial charge in [0.25, 0.3) is 0 Å². The fourth-order valence-electron chi connectivity index (χ4n) is 2.05. The lowest BCUT2D eigenvalue weighted by atomic mass is 10.2. The summed E-state index contributed by atoms with van der Waals surface area (Å²) in [4.78, 5) is 16.2. The van der Waals surface area contributed by atoms with Gasteiger partial charge in [-0.3, -0.25) is 10.3 Å². The number of methoxy groups -OCH3 is 2. The van der Waals surface area contributed by atoms with E-state index in [9.17, 15) is 4.79 Å². The number of nitrogens with zero attached hydrogens (tertiary/aromatic N) is 3. The Bertz CT molecular complexity index is 869. The first-order valence-electron chi connectivity index (χ1n) is 7.23. The Morgan fingerprint density at radius 3 is 2.56 bits per heavy atom. The van der Waals surface area contributed by atoms with Crippen LogP contribution in [0.15, 0.2) is 42.7 Å². The van der Waals surface area contributed by atoms with Gasteiger partial charge in [-0.2, -0.15) is 0 Å². The lowest BCUT2D eigenvalue weighted by Crippen LogP contribution is -2.19. The zero-order valence-electron chi connectivity index (χ0n) is 13.5. The van der Waals surface area contributed by atoms with Crippen LogP contribution in [0.4, 0.5) is 15.6 Å². The Hall–Kier alpha value is -3.20. The third kappa shape index (κ3) is 4.01. The Balaban J connectivity index is 1.70. The van der Waals surface area contributed by atoms with E-state index in [4.69, 9.17) is 9.47 Å². The minimum atomic E-state index is -0.455. The van der Waals surface area contributed by atoms with Crippen molar-refractivity contribution in [3.8, 4) is 22.1 Å². The smallest absolute Gasteiger partial charge is 0.325 e. The van der Waals surface area contributed by atoms with Crippen LogP contribution < -0.4 is 20.1 Å². The summed E-state index contributed by atoms with van der Waals surface area (Å²) in [6, 6.07) is 8.32. The van der Waals surface area contributed by atoms with Crippen LogP contribution in [0.25, 0.3) is 10.6 Å². The van der Waals surface area contributed by atoms with Crippen LogP contribution in [0.2, 0.25) is 0 Å². The summed E-state index contributed by atoms with van der Waals surface area (Å²) in [5, 5.41) is 14.5. The molecule has 128 valence electrons. The highest BCUT2D eigenvalue weighted by atomic mass is 32.1. The molecule has 0 aliphatic carbocycles. The monoisotopic (exact) mass is 357 g/mol. The van der Waals surface area contributed by atoms with Gasteiger partial charge in [-0.05, 0) is 24.3 Å². The molecular formula is C16H15N5O3S. The molecule has 3 rings (SSSR count). The first-order valence-corrected chi connectivity index (χ1v) is 8.05. The molecule has 25 heavy (non-hydrogen) atoms. The number of carbonyl (C=O) groups is 1. The number of ether oxygens (including phenoxy) is 2. The largest absolute Gasteiger partial charge is 0.497 e. The number of pyridine rings is 1. The summed E-state index contributed by atoms with van der Waals surface area (Å²) < 4.78 is 10.4. The van der Waals surface area contributed by atoms with Crippen LogP contribution in [-0.2, 0) is 0 Å². The maximum absolute atomic E-state index is 12.2. The summed E-state index contributed by atoms with van der Waals surface area (Å²) in [6.07, 6.45) is 3.34. The molecule has 0 spiro atoms. The number of benzene rings is 1. The summed E-state index contributed by atoms with van der Waals surface area (Å²) in [5.41, 5.74) is 1.37. The summed E-state index contributed by atoms with van der Waals surface area (Å²) in [7, 11) is 3.07. The molecule has 8 nitrogen and oxygen atoms in total. The molecule has 0 aliphatic heterocycles. The van der Waals surface area contributed by atoms with Crippen LogP contribution in [-0.4, -0.2) is 35.4 Å². The molecule has 0 aliphatic rings. The van der Waals surface area contributed by atoms with Gasteiger partial charge in [-0.15, -0.1) is 10.2 Å². The number of amides is 2. The number of hydrogen-bond donors (Lipinski definition) is 2. The maximum atomic E-state index is 12.2. The highest BCUT2D eigenvalue weighted by Gasteiger charge is 2.12. The van der Waals surface area contributed by atoms with E-state index >= 15 is 0 Å². The molecule has 2 N–H and O–H groups in total. The van der Waals surface area contributed by atoms with E-state index in [-0.39, 0.29) is 0 Å². The van der Waals surface area contributed by atoms with Crippen LogP contribution in [0.3, 0.4) is 0 Å². The van der Waals surface area contributed by atoms with E-state index in [1.807, 2.05) is 12.1 Å². The standard InChI is InChI=1S/C16H15N5O3S/c1-23-11-3-4-13(24-2)12(9-11)18-15(22)19-16-21-20-14(25-16)10-5-7-17-8-6-10/h3-9H,1-2H3,(H2,18,19,21,22). The topological polar surface area (TPSA) is 98.3 Å². The van der Waals surface area contributed by atoms with E-state index in [1.54, 1.807) is 37.7 Å². The zero-order valence-corrected chi connectivity index (χ0v) is 14.3. The molecule has 2 amide bonds. The number of aromatic nitrogens is 3. The Morgan fingerprint density at radius 2 is 1.84 bits per heavy atom. The molecule has 0 unspecified atom stereocenters. The van der Waals surface area contributed by atoms with Crippen LogP contribution in [0.5, 0.6) is 11.5 Å². The molecule has 0 radical (unpaired) electrons. The Kier molecular flexibility index (Phi) is 5.05. The van der Waals surface area contributed by atoms with E-state index < -0.39 is 6.03 Å². The number of urea groups is 1. The van der Waals surface area contributed by atoms with Crippen LogP contribution >= 0.6 is 11.3 Å². The third-order valence-electron chi connectivity index (χ3n) is 3.23. The molecule has 9 heteroatoms. The van der Waals surface area contributed by atoms with Crippen molar-refractivity contribution < 1.29 is 14.3 Å². The second-order valence-corrected chi connectivity index (χ2v) is 5.77. The molecule has 0 bridgehead atoms. The maximum Gasteiger partial charge on any atom is 0.325 e. The first-order chi connectivity index (χ1) is 12.2. The van der Waals surface area contributed by atoms with Crippen molar-refractivity contribution in [2.75, 3.05) is 24.9 Å². The molecular weight excluding hydrogens is 342 g/mol. The van der Waals surface area contributed by atoms with Crippen molar-refractivity contribution in [3.63, 3.8) is 0 Å². The van der Waals surface area contributed by atoms with E-state index in [0.29, 0.717) is 27.3 Å². The van der Waals surface area contributed by atoms with Crippen LogP contribution in [0, 0.1) is 0 Å². The predicted octanol–water partition coefficient (Wildman–Crippen LogP) is 3.26. The summed E-state index contributed by atoms with van der Waals surface area (Å²) in [5.74, 6) is 1.12. The third-order valence-corrected chi connectivity index (χ3v) is 4.12. The molecule has 3 aromatic rings. The van der Waals surface area contributed by atoms with Gasteiger partial charge in [-0.25, -0.2) is 4.79 Å². The molecule has 0 saturated carbocycles. The number of hydrogen-bond acceptors (Lipinski definition) is 7. The van der Waals surface area contributed by atoms with Gasteiger partial charge < -0.3 is 14.8 Å². The fourth-order valence-corrected chi connectivity index (χ4v) is 2.79. The number of anilines is 2. The number of nitrogens with one attached hydrogen (secondary N) is 2. The molecule has 0 saturated heterocycles. The van der Waals surface area contributed by atoms with Crippen molar-refractivity contribution in [1.82, 2.24) is 15.2 Å². The van der Waals surface area contributed by atoms with Gasteiger partial charge >= 0.3 is 6.03 Å². The minimum Gasteiger partial charge on any atom is -0.497 e. The molecule has 0 fully saturated rings. The van der Waals surface area contributed by atoms with Crippen molar-refractivity contribution in [2.24, 2.45) is 0 Å². The normalized spacial score (nSPS) is 10.2. The SMILES string of the molecule is COc1ccc(OC)c(NC(=O)Nc2nnc(-c3ccncc3)s2)c1. The summed E-state index contributed by atoms with van der Waals surface area (Å²) in [6.45, 7) is 0. The van der Waals surface area contributed by atoms with Gasteiger partial charge in [0.15, 0.2) is 0 Å². The van der Waals surface area contributed by atoms with Crippen molar-refractivity contribution in [1.29, 1.82) is 0 Å². The second kappa shape index (κ2) is 7.58. The Morgan fingerprint density at radius 1 is 1.04 bits per heavy atom. The average Bonchev–Trinajstić information content (AvgIpc) is 3.10. The van der Waals surface area contributed by atoms with Gasteiger partial charge in [-0.1, -0.05) is 11.3 Å². The lowest BCUT2D eigenvalue weighted by molar-refractivity contribution is 0.262. The van der Waals surface area contributed by atoms with Crippen molar-refractivity contribution >= 4 is 28.2 Å². The lowest BCUT2D eigenvalue weighted by Gasteiger charge is -2.11. The number of rotatable bonds is 5. The van der Waals surface area contributed by atoms with E-state index in [2.05, 4.69) is 25.8 Å². The van der Waals surface area contributed by atoms with Gasteiger partial charge in [0.1, 0.15) is 16.5 Å². The second-order valence-electron chi connectivity index (χ2n) is 4.79. The molecule has 2 heterocycles. The van der Waals surface area contributed by atoms with Crippen molar-refractivity contribution in [3.05, 3.63) is 42.7 Å². The fraction of sp³-hybridized carbons (Fsp3) is 0.125. The van der Waals surface area contributed by atoms with Gasteiger partial charge in [0, 0.05) is 24.0 Å².